The van der Waals surface area contributed by atoms with Crippen molar-refractivity contribution in [3.63, 3.8) is 0 Å². The third kappa shape index (κ3) is 4.74. The standard InChI is InChI=1S/C32H22N2O2.Zn/c35-31-15-13-21-7-3-5-11-25(21)27(31)19-33-29-17-23-9-1-2-10-24(23)18-30(29)34-20-28-26-12-6-4-8-22(26)14-16-32(28)36;/h1-20,35-36H;. The molecule has 4 nitrogen and oxygen atoms in total. The molecule has 0 amide bonds. The predicted molar refractivity (Wildman–Crippen MR) is 150 cm³/mol. The van der Waals surface area contributed by atoms with Crippen LogP contribution >= 0.6 is 0 Å². The minimum atomic E-state index is 0. The molecule has 0 bridgehead atoms. The molecular weight excluding hydrogens is 510 g/mol. The van der Waals surface area contributed by atoms with Crippen molar-refractivity contribution in [3.8, 4) is 11.5 Å². The van der Waals surface area contributed by atoms with Crippen molar-refractivity contribution >= 4 is 56.1 Å². The van der Waals surface area contributed by atoms with Crippen LogP contribution in [0.4, 0.5) is 11.4 Å². The normalized spacial score (nSPS) is 11.6. The predicted octanol–water partition coefficient (Wildman–Crippen LogP) is 8.06. The quantitative estimate of drug-likeness (QED) is 0.178. The molecule has 0 aliphatic rings. The van der Waals surface area contributed by atoms with Gasteiger partial charge in [0.25, 0.3) is 0 Å². The summed E-state index contributed by atoms with van der Waals surface area (Å²) in [6.07, 6.45) is 3.38. The molecule has 0 aliphatic carbocycles. The van der Waals surface area contributed by atoms with Gasteiger partial charge in [0.1, 0.15) is 11.5 Å². The van der Waals surface area contributed by atoms with Gasteiger partial charge in [-0.3, -0.25) is 9.98 Å². The minimum Gasteiger partial charge on any atom is -0.507 e. The van der Waals surface area contributed by atoms with Gasteiger partial charge >= 0.3 is 0 Å². The molecule has 5 heteroatoms. The number of aromatic hydroxyl groups is 2. The number of phenols is 2. The van der Waals surface area contributed by atoms with Crippen LogP contribution in [0.5, 0.6) is 11.5 Å². The van der Waals surface area contributed by atoms with Crippen LogP contribution in [0.1, 0.15) is 11.1 Å². The van der Waals surface area contributed by atoms with Crippen LogP contribution in [0.15, 0.2) is 119 Å². The van der Waals surface area contributed by atoms with E-state index in [1.54, 1.807) is 24.6 Å². The van der Waals surface area contributed by atoms with Crippen LogP contribution < -0.4 is 0 Å². The van der Waals surface area contributed by atoms with Crippen LogP contribution in [0, 0.1) is 0 Å². The molecule has 0 saturated carbocycles. The molecule has 0 aromatic heterocycles. The van der Waals surface area contributed by atoms with Gasteiger partial charge in [0, 0.05) is 43.0 Å². The van der Waals surface area contributed by atoms with E-state index in [4.69, 9.17) is 9.98 Å². The van der Waals surface area contributed by atoms with E-state index in [0.29, 0.717) is 22.5 Å². The molecule has 174 valence electrons. The number of fused-ring (bicyclic) bond motifs is 3. The zero-order chi connectivity index (χ0) is 24.5. The van der Waals surface area contributed by atoms with Gasteiger partial charge in [-0.1, -0.05) is 84.9 Å². The first-order chi connectivity index (χ1) is 17.7. The van der Waals surface area contributed by atoms with Crippen molar-refractivity contribution in [2.45, 2.75) is 0 Å². The molecule has 0 heterocycles. The SMILES string of the molecule is Oc1ccc2ccccc2c1C=Nc1cc2ccccc2cc1N=Cc1c(O)ccc2ccccc12.[Zn]. The van der Waals surface area contributed by atoms with Crippen molar-refractivity contribution in [3.05, 3.63) is 120 Å². The van der Waals surface area contributed by atoms with E-state index in [-0.39, 0.29) is 31.0 Å². The maximum atomic E-state index is 10.6. The van der Waals surface area contributed by atoms with Crippen molar-refractivity contribution in [1.29, 1.82) is 0 Å². The van der Waals surface area contributed by atoms with Gasteiger partial charge < -0.3 is 10.2 Å². The minimum absolute atomic E-state index is 0. The van der Waals surface area contributed by atoms with E-state index >= 15 is 0 Å². The van der Waals surface area contributed by atoms with Crippen LogP contribution in [-0.4, -0.2) is 22.6 Å². The Balaban J connectivity index is 0.00000280. The van der Waals surface area contributed by atoms with Gasteiger partial charge in [-0.25, -0.2) is 0 Å². The topological polar surface area (TPSA) is 65.2 Å². The van der Waals surface area contributed by atoms with Crippen molar-refractivity contribution in [2.24, 2.45) is 9.98 Å². The monoisotopic (exact) mass is 530 g/mol. The summed E-state index contributed by atoms with van der Waals surface area (Å²) >= 11 is 0. The van der Waals surface area contributed by atoms with Crippen molar-refractivity contribution < 1.29 is 29.7 Å². The van der Waals surface area contributed by atoms with Crippen LogP contribution in [-0.2, 0) is 19.5 Å². The molecule has 2 N–H and O–H groups in total. The molecule has 0 spiro atoms. The maximum absolute atomic E-state index is 10.6. The van der Waals surface area contributed by atoms with E-state index in [2.05, 4.69) is 0 Å². The summed E-state index contributed by atoms with van der Waals surface area (Å²) in [6.45, 7) is 0. The fraction of sp³-hybridized carbons (Fsp3) is 0. The second-order valence-electron chi connectivity index (χ2n) is 8.64. The third-order valence-corrected chi connectivity index (χ3v) is 6.40. The summed E-state index contributed by atoms with van der Waals surface area (Å²) in [5, 5.41) is 27.1. The number of rotatable bonds is 4. The first-order valence-electron chi connectivity index (χ1n) is 11.7. The molecule has 0 unspecified atom stereocenters. The van der Waals surface area contributed by atoms with Gasteiger partial charge in [0.05, 0.1) is 11.4 Å². The summed E-state index contributed by atoms with van der Waals surface area (Å²) in [4.78, 5) is 9.55. The average molecular weight is 532 g/mol. The maximum Gasteiger partial charge on any atom is 0.124 e. The van der Waals surface area contributed by atoms with Gasteiger partial charge in [-0.15, -0.1) is 0 Å². The van der Waals surface area contributed by atoms with E-state index < -0.39 is 0 Å². The average Bonchev–Trinajstić information content (AvgIpc) is 2.92. The van der Waals surface area contributed by atoms with Crippen LogP contribution in [0.3, 0.4) is 0 Å². The van der Waals surface area contributed by atoms with E-state index in [1.807, 2.05) is 97.1 Å². The molecule has 6 aromatic rings. The first kappa shape index (κ1) is 24.4. The largest absolute Gasteiger partial charge is 0.507 e. The van der Waals surface area contributed by atoms with Gasteiger partial charge in [0.2, 0.25) is 0 Å². The van der Waals surface area contributed by atoms with Crippen LogP contribution in [0.25, 0.3) is 32.3 Å². The second-order valence-corrected chi connectivity index (χ2v) is 8.64. The molecule has 0 aliphatic heterocycles. The summed E-state index contributed by atoms with van der Waals surface area (Å²) in [6, 6.07) is 35.0. The number of benzene rings is 6. The molecule has 0 saturated heterocycles. The molecular formula is C32H22N2O2Zn. The molecule has 0 atom stereocenters. The number of hydrogen-bond acceptors (Lipinski definition) is 4. The third-order valence-electron chi connectivity index (χ3n) is 6.40. The Bertz CT molecular complexity index is 1690. The Morgan fingerprint density at radius 2 is 0.838 bits per heavy atom. The number of nitrogens with zero attached hydrogens (tertiary/aromatic N) is 2. The first-order valence-corrected chi connectivity index (χ1v) is 11.7. The van der Waals surface area contributed by atoms with Gasteiger partial charge in [0.15, 0.2) is 0 Å². The zero-order valence-electron chi connectivity index (χ0n) is 20.0. The van der Waals surface area contributed by atoms with Crippen molar-refractivity contribution in [2.75, 3.05) is 0 Å². The Hall–Kier alpha value is -4.34. The Morgan fingerprint density at radius 3 is 1.27 bits per heavy atom. The zero-order valence-corrected chi connectivity index (χ0v) is 23.0. The number of phenolic OH excluding ortho intramolecular Hbond substituents is 2. The summed E-state index contributed by atoms with van der Waals surface area (Å²) < 4.78 is 0. The fourth-order valence-corrected chi connectivity index (χ4v) is 4.53. The Morgan fingerprint density at radius 1 is 0.459 bits per heavy atom. The van der Waals surface area contributed by atoms with E-state index in [9.17, 15) is 10.2 Å². The summed E-state index contributed by atoms with van der Waals surface area (Å²) in [5.41, 5.74) is 2.64. The summed E-state index contributed by atoms with van der Waals surface area (Å²) in [5.74, 6) is 0.341. The molecule has 6 aromatic carbocycles. The fourth-order valence-electron chi connectivity index (χ4n) is 4.53. The molecule has 0 fully saturated rings. The summed E-state index contributed by atoms with van der Waals surface area (Å²) in [7, 11) is 0. The van der Waals surface area contributed by atoms with E-state index in [1.165, 1.54) is 0 Å². The Labute approximate surface area is 227 Å². The molecule has 37 heavy (non-hydrogen) atoms. The number of hydrogen-bond donors (Lipinski definition) is 2. The smallest absolute Gasteiger partial charge is 0.124 e. The van der Waals surface area contributed by atoms with E-state index in [0.717, 1.165) is 32.3 Å². The van der Waals surface area contributed by atoms with Crippen molar-refractivity contribution in [1.82, 2.24) is 0 Å². The second kappa shape index (κ2) is 10.3. The molecule has 0 radical (unpaired) electrons. The van der Waals surface area contributed by atoms with Gasteiger partial charge in [-0.2, -0.15) is 0 Å². The Kier molecular flexibility index (Phi) is 6.81. The van der Waals surface area contributed by atoms with Gasteiger partial charge in [-0.05, 0) is 56.6 Å². The van der Waals surface area contributed by atoms with Crippen LogP contribution in [0.2, 0.25) is 0 Å². The number of aliphatic imine (C=N–C) groups is 2. The molecule has 6 rings (SSSR count).